The quantitative estimate of drug-likeness (QED) is 0.691. The van der Waals surface area contributed by atoms with Crippen molar-refractivity contribution in [2.75, 3.05) is 0 Å². The van der Waals surface area contributed by atoms with Gasteiger partial charge in [-0.2, -0.15) is 5.26 Å². The first-order valence-corrected chi connectivity index (χ1v) is 6.23. The molecule has 0 spiro atoms. The van der Waals surface area contributed by atoms with E-state index < -0.39 is 5.91 Å². The van der Waals surface area contributed by atoms with Gasteiger partial charge in [-0.15, -0.1) is 0 Å². The van der Waals surface area contributed by atoms with E-state index in [-0.39, 0.29) is 17.9 Å². The van der Waals surface area contributed by atoms with Gasteiger partial charge in [0.2, 0.25) is 0 Å². The average Bonchev–Trinajstić information content (AvgIpc) is 2.53. The number of amides is 1. The summed E-state index contributed by atoms with van der Waals surface area (Å²) in [5.41, 5.74) is 1.39. The van der Waals surface area contributed by atoms with Gasteiger partial charge in [-0.3, -0.25) is 9.78 Å². The van der Waals surface area contributed by atoms with E-state index >= 15 is 0 Å². The highest BCUT2D eigenvalue weighted by atomic mass is 19.1. The normalized spacial score (nSPS) is 10.8. The summed E-state index contributed by atoms with van der Waals surface area (Å²) in [6.45, 7) is 0.287. The van der Waals surface area contributed by atoms with E-state index in [9.17, 15) is 9.18 Å². The fraction of sp³-hybridized carbons (Fsp3) is 0.0625. The molecule has 1 N–H and O–H groups in total. The summed E-state index contributed by atoms with van der Waals surface area (Å²) in [6, 6.07) is 11.0. The minimum Gasteiger partial charge on any atom is -0.347 e. The van der Waals surface area contributed by atoms with Crippen LogP contribution in [0.2, 0.25) is 0 Å². The van der Waals surface area contributed by atoms with Gasteiger partial charge in [0.05, 0.1) is 0 Å². The summed E-state index contributed by atoms with van der Waals surface area (Å²) >= 11 is 0. The molecule has 2 rings (SSSR count). The molecule has 1 heterocycles. The minimum atomic E-state index is -0.481. The summed E-state index contributed by atoms with van der Waals surface area (Å²) in [5, 5.41) is 11.7. The third-order valence-corrected chi connectivity index (χ3v) is 2.72. The van der Waals surface area contributed by atoms with Crippen molar-refractivity contribution in [3.8, 4) is 6.07 Å². The van der Waals surface area contributed by atoms with Crippen molar-refractivity contribution < 1.29 is 9.18 Å². The van der Waals surface area contributed by atoms with E-state index in [1.165, 1.54) is 30.3 Å². The van der Waals surface area contributed by atoms with Crippen LogP contribution in [0.1, 0.15) is 11.1 Å². The molecule has 1 aromatic heterocycles. The van der Waals surface area contributed by atoms with Crippen LogP contribution in [0.4, 0.5) is 4.39 Å². The predicted octanol–water partition coefficient (Wildman–Crippen LogP) is 2.44. The molecular formula is C16H12FN3O. The van der Waals surface area contributed by atoms with Crippen molar-refractivity contribution in [1.82, 2.24) is 10.3 Å². The Bertz CT molecular complexity index is 688. The Morgan fingerprint density at radius 2 is 2.10 bits per heavy atom. The maximum absolute atomic E-state index is 12.8. The molecule has 0 saturated heterocycles. The Kier molecular flexibility index (Phi) is 4.78. The molecule has 0 aliphatic heterocycles. The number of aromatic nitrogens is 1. The molecule has 21 heavy (non-hydrogen) atoms. The van der Waals surface area contributed by atoms with Gasteiger partial charge >= 0.3 is 0 Å². The highest BCUT2D eigenvalue weighted by Crippen LogP contribution is 2.08. The fourth-order valence-corrected chi connectivity index (χ4v) is 1.65. The number of nitriles is 1. The summed E-state index contributed by atoms with van der Waals surface area (Å²) in [7, 11) is 0. The summed E-state index contributed by atoms with van der Waals surface area (Å²) in [4.78, 5) is 15.9. The molecule has 2 aromatic rings. The van der Waals surface area contributed by atoms with Crippen LogP contribution in [-0.2, 0) is 11.3 Å². The molecule has 0 atom stereocenters. The number of carbonyl (C=O) groups is 1. The van der Waals surface area contributed by atoms with Gasteiger partial charge in [-0.05, 0) is 35.4 Å². The molecule has 0 saturated carbocycles. The van der Waals surface area contributed by atoms with Crippen molar-refractivity contribution in [3.63, 3.8) is 0 Å². The predicted molar refractivity (Wildman–Crippen MR) is 76.1 cm³/mol. The first-order chi connectivity index (χ1) is 10.2. The van der Waals surface area contributed by atoms with Gasteiger partial charge in [-0.1, -0.05) is 18.2 Å². The summed E-state index contributed by atoms with van der Waals surface area (Å²) in [5.74, 6) is -0.850. The molecule has 0 fully saturated rings. The summed E-state index contributed by atoms with van der Waals surface area (Å²) < 4.78 is 12.8. The van der Waals surface area contributed by atoms with Gasteiger partial charge < -0.3 is 5.32 Å². The van der Waals surface area contributed by atoms with Crippen molar-refractivity contribution in [2.24, 2.45) is 0 Å². The highest BCUT2D eigenvalue weighted by molar-refractivity contribution is 6.01. The van der Waals surface area contributed by atoms with Crippen molar-refractivity contribution in [1.29, 1.82) is 5.26 Å². The second-order valence-corrected chi connectivity index (χ2v) is 4.27. The van der Waals surface area contributed by atoms with E-state index in [2.05, 4.69) is 10.3 Å². The van der Waals surface area contributed by atoms with Gasteiger partial charge in [-0.25, -0.2) is 4.39 Å². The second-order valence-electron chi connectivity index (χ2n) is 4.27. The zero-order valence-electron chi connectivity index (χ0n) is 11.1. The first-order valence-electron chi connectivity index (χ1n) is 6.23. The summed E-state index contributed by atoms with van der Waals surface area (Å²) in [6.07, 6.45) is 4.69. The van der Waals surface area contributed by atoms with Crippen LogP contribution in [-0.4, -0.2) is 10.9 Å². The van der Waals surface area contributed by atoms with Crippen molar-refractivity contribution in [2.45, 2.75) is 6.54 Å². The Balaban J connectivity index is 2.05. The van der Waals surface area contributed by atoms with Crippen LogP contribution in [0.3, 0.4) is 0 Å². The van der Waals surface area contributed by atoms with Crippen LogP contribution in [0.5, 0.6) is 0 Å². The van der Waals surface area contributed by atoms with Crippen LogP contribution >= 0.6 is 0 Å². The Hall–Kier alpha value is -3.00. The third kappa shape index (κ3) is 4.25. The fourth-order valence-electron chi connectivity index (χ4n) is 1.65. The average molecular weight is 281 g/mol. The molecule has 1 amide bonds. The molecule has 5 heteroatoms. The smallest absolute Gasteiger partial charge is 0.262 e. The lowest BCUT2D eigenvalue weighted by molar-refractivity contribution is -0.117. The molecule has 4 nitrogen and oxygen atoms in total. The molecule has 0 bridgehead atoms. The van der Waals surface area contributed by atoms with Crippen LogP contribution in [0.15, 0.2) is 54.4 Å². The highest BCUT2D eigenvalue weighted by Gasteiger charge is 2.08. The maximum Gasteiger partial charge on any atom is 0.262 e. The lowest BCUT2D eigenvalue weighted by atomic mass is 10.1. The van der Waals surface area contributed by atoms with Crippen LogP contribution < -0.4 is 5.32 Å². The topological polar surface area (TPSA) is 65.8 Å². The molecule has 104 valence electrons. The molecule has 0 radical (unpaired) electrons. The molecule has 1 aromatic carbocycles. The number of hydrogen-bond acceptors (Lipinski definition) is 3. The molecular weight excluding hydrogens is 269 g/mol. The minimum absolute atomic E-state index is 0.0366. The van der Waals surface area contributed by atoms with Crippen molar-refractivity contribution in [3.05, 3.63) is 71.3 Å². The zero-order chi connectivity index (χ0) is 15.1. The van der Waals surface area contributed by atoms with E-state index in [0.717, 1.165) is 5.56 Å². The monoisotopic (exact) mass is 281 g/mol. The Morgan fingerprint density at radius 1 is 1.33 bits per heavy atom. The number of benzene rings is 1. The number of carbonyl (C=O) groups excluding carboxylic acids is 1. The second kappa shape index (κ2) is 6.96. The Morgan fingerprint density at radius 3 is 2.71 bits per heavy atom. The largest absolute Gasteiger partial charge is 0.347 e. The number of nitrogens with zero attached hydrogens (tertiary/aromatic N) is 2. The molecule has 0 unspecified atom stereocenters. The number of nitrogens with one attached hydrogen (secondary N) is 1. The maximum atomic E-state index is 12.8. The molecule has 0 aliphatic carbocycles. The van der Waals surface area contributed by atoms with Crippen LogP contribution in [0.25, 0.3) is 6.08 Å². The van der Waals surface area contributed by atoms with E-state index in [4.69, 9.17) is 5.26 Å². The number of rotatable bonds is 4. The van der Waals surface area contributed by atoms with Gasteiger partial charge in [0, 0.05) is 18.9 Å². The third-order valence-electron chi connectivity index (χ3n) is 2.72. The first kappa shape index (κ1) is 14.4. The van der Waals surface area contributed by atoms with E-state index in [1.54, 1.807) is 18.5 Å². The number of pyridine rings is 1. The SMILES string of the molecule is N#C/C(=C/c1ccc(F)cc1)C(=O)NCc1cccnc1. The zero-order valence-corrected chi connectivity index (χ0v) is 11.1. The van der Waals surface area contributed by atoms with E-state index in [0.29, 0.717) is 5.56 Å². The van der Waals surface area contributed by atoms with E-state index in [1.807, 2.05) is 12.1 Å². The Labute approximate surface area is 121 Å². The van der Waals surface area contributed by atoms with Crippen molar-refractivity contribution >= 4 is 12.0 Å². The standard InChI is InChI=1S/C16H12FN3O/c17-15-5-3-12(4-6-15)8-14(9-18)16(21)20-11-13-2-1-7-19-10-13/h1-8,10H,11H2,(H,20,21)/b14-8-. The molecule has 0 aliphatic rings. The number of hydrogen-bond donors (Lipinski definition) is 1. The van der Waals surface area contributed by atoms with Gasteiger partial charge in [0.1, 0.15) is 17.5 Å². The van der Waals surface area contributed by atoms with Gasteiger partial charge in [0.25, 0.3) is 5.91 Å². The van der Waals surface area contributed by atoms with Gasteiger partial charge in [0.15, 0.2) is 0 Å². The number of halogens is 1. The lowest BCUT2D eigenvalue weighted by Crippen LogP contribution is -2.23. The van der Waals surface area contributed by atoms with Crippen LogP contribution in [0, 0.1) is 17.1 Å². The lowest BCUT2D eigenvalue weighted by Gasteiger charge is -2.04.